The molecular formula is C23H27NO8S. The van der Waals surface area contributed by atoms with E-state index in [0.29, 0.717) is 22.1 Å². The van der Waals surface area contributed by atoms with E-state index < -0.39 is 24.5 Å². The number of aryl methyl sites for hydroxylation is 1. The number of amides is 1. The molecule has 0 unspecified atom stereocenters. The predicted octanol–water partition coefficient (Wildman–Crippen LogP) is 3.62. The van der Waals surface area contributed by atoms with Gasteiger partial charge >= 0.3 is 11.9 Å². The molecule has 0 atom stereocenters. The molecule has 1 aromatic heterocycles. The molecule has 0 spiro atoms. The van der Waals surface area contributed by atoms with Crippen molar-refractivity contribution >= 4 is 34.2 Å². The molecule has 0 fully saturated rings. The normalized spacial score (nSPS) is 12.4. The summed E-state index contributed by atoms with van der Waals surface area (Å²) >= 11 is 1.37. The van der Waals surface area contributed by atoms with Crippen LogP contribution >= 0.6 is 11.3 Å². The lowest BCUT2D eigenvalue weighted by Gasteiger charge is -2.14. The average Bonchev–Trinajstić information content (AvgIpc) is 3.19. The number of hydrogen-bond donors (Lipinski definition) is 1. The Morgan fingerprint density at radius 1 is 0.909 bits per heavy atom. The van der Waals surface area contributed by atoms with E-state index >= 15 is 0 Å². The molecular weight excluding hydrogens is 450 g/mol. The quantitative estimate of drug-likeness (QED) is 0.546. The summed E-state index contributed by atoms with van der Waals surface area (Å²) in [6.07, 6.45) is 3.64. The number of benzene rings is 1. The smallest absolute Gasteiger partial charge is 0.342 e. The Labute approximate surface area is 195 Å². The van der Waals surface area contributed by atoms with Gasteiger partial charge in [-0.15, -0.1) is 11.3 Å². The van der Waals surface area contributed by atoms with Gasteiger partial charge in [-0.1, -0.05) is 0 Å². The lowest BCUT2D eigenvalue weighted by molar-refractivity contribution is -0.119. The minimum atomic E-state index is -0.765. The molecule has 1 aromatic carbocycles. The largest absolute Gasteiger partial charge is 0.496 e. The Kier molecular flexibility index (Phi) is 8.16. The van der Waals surface area contributed by atoms with E-state index in [4.69, 9.17) is 23.7 Å². The fourth-order valence-electron chi connectivity index (χ4n) is 3.63. The second-order valence-electron chi connectivity index (χ2n) is 7.17. The molecule has 10 heteroatoms. The molecule has 1 N–H and O–H groups in total. The first-order valence-corrected chi connectivity index (χ1v) is 11.3. The van der Waals surface area contributed by atoms with E-state index in [9.17, 15) is 14.4 Å². The fraction of sp³-hybridized carbons (Fsp3) is 0.435. The molecule has 1 amide bonds. The van der Waals surface area contributed by atoms with Crippen molar-refractivity contribution in [3.05, 3.63) is 33.7 Å². The van der Waals surface area contributed by atoms with Crippen molar-refractivity contribution in [2.24, 2.45) is 0 Å². The molecule has 0 aliphatic heterocycles. The van der Waals surface area contributed by atoms with Gasteiger partial charge in [-0.25, -0.2) is 9.59 Å². The second-order valence-corrected chi connectivity index (χ2v) is 8.27. The van der Waals surface area contributed by atoms with E-state index in [-0.39, 0.29) is 17.9 Å². The molecule has 2 aromatic rings. The first kappa shape index (κ1) is 24.4. The highest BCUT2D eigenvalue weighted by atomic mass is 32.1. The van der Waals surface area contributed by atoms with Crippen LogP contribution in [0.3, 0.4) is 0 Å². The predicted molar refractivity (Wildman–Crippen MR) is 122 cm³/mol. The summed E-state index contributed by atoms with van der Waals surface area (Å²) in [4.78, 5) is 38.8. The number of ether oxygens (including phenoxy) is 5. The third-order valence-corrected chi connectivity index (χ3v) is 6.37. The Hall–Kier alpha value is -3.27. The first-order chi connectivity index (χ1) is 15.9. The second kappa shape index (κ2) is 11.0. The standard InChI is InChI=1S/C23H27NO8S/c1-5-31-23(27)20-13-8-6-7-9-18(13)33-21(20)24-19(25)12-32-22(26)14-10-16(29-3)17(30-4)11-15(14)28-2/h10-11H,5-9,12H2,1-4H3,(H,24,25). The van der Waals surface area contributed by atoms with Gasteiger partial charge in [-0.2, -0.15) is 0 Å². The molecule has 33 heavy (non-hydrogen) atoms. The van der Waals surface area contributed by atoms with E-state index in [1.54, 1.807) is 6.92 Å². The van der Waals surface area contributed by atoms with Gasteiger partial charge < -0.3 is 29.0 Å². The number of methoxy groups -OCH3 is 3. The molecule has 178 valence electrons. The van der Waals surface area contributed by atoms with Gasteiger partial charge in [0.25, 0.3) is 5.91 Å². The summed E-state index contributed by atoms with van der Waals surface area (Å²) in [5.41, 5.74) is 1.42. The van der Waals surface area contributed by atoms with Crippen molar-refractivity contribution in [1.82, 2.24) is 0 Å². The maximum Gasteiger partial charge on any atom is 0.342 e. The van der Waals surface area contributed by atoms with Crippen molar-refractivity contribution in [2.45, 2.75) is 32.6 Å². The molecule has 1 heterocycles. The van der Waals surface area contributed by atoms with Crippen LogP contribution in [-0.4, -0.2) is 52.4 Å². The van der Waals surface area contributed by atoms with Crippen LogP contribution in [0, 0.1) is 0 Å². The lowest BCUT2D eigenvalue weighted by atomic mass is 9.95. The third kappa shape index (κ3) is 5.39. The maximum absolute atomic E-state index is 12.6. The van der Waals surface area contributed by atoms with Gasteiger partial charge in [-0.3, -0.25) is 4.79 Å². The zero-order valence-electron chi connectivity index (χ0n) is 19.1. The molecule has 9 nitrogen and oxygen atoms in total. The van der Waals surface area contributed by atoms with Crippen LogP contribution in [0.1, 0.15) is 50.9 Å². The lowest BCUT2D eigenvalue weighted by Crippen LogP contribution is -2.22. The van der Waals surface area contributed by atoms with Crippen LogP contribution in [0.5, 0.6) is 17.2 Å². The monoisotopic (exact) mass is 477 g/mol. The van der Waals surface area contributed by atoms with Gasteiger partial charge in [-0.05, 0) is 38.2 Å². The molecule has 0 saturated heterocycles. The Morgan fingerprint density at radius 2 is 1.58 bits per heavy atom. The molecule has 0 radical (unpaired) electrons. The van der Waals surface area contributed by atoms with Crippen LogP contribution in [0.2, 0.25) is 0 Å². The van der Waals surface area contributed by atoms with E-state index in [0.717, 1.165) is 36.1 Å². The summed E-state index contributed by atoms with van der Waals surface area (Å²) in [7, 11) is 4.31. The minimum Gasteiger partial charge on any atom is -0.496 e. The topological polar surface area (TPSA) is 109 Å². The van der Waals surface area contributed by atoms with Gasteiger partial charge in [0.1, 0.15) is 16.3 Å². The van der Waals surface area contributed by atoms with Crippen LogP contribution in [-0.2, 0) is 27.1 Å². The zero-order valence-corrected chi connectivity index (χ0v) is 19.9. The van der Waals surface area contributed by atoms with Gasteiger partial charge in [0.05, 0.1) is 33.5 Å². The molecule has 0 bridgehead atoms. The number of thiophene rings is 1. The van der Waals surface area contributed by atoms with E-state index in [1.165, 1.54) is 44.8 Å². The first-order valence-electron chi connectivity index (χ1n) is 10.5. The number of carbonyl (C=O) groups is 3. The van der Waals surface area contributed by atoms with Crippen LogP contribution in [0.4, 0.5) is 5.00 Å². The van der Waals surface area contributed by atoms with Gasteiger partial charge in [0, 0.05) is 17.0 Å². The highest BCUT2D eigenvalue weighted by molar-refractivity contribution is 7.17. The van der Waals surface area contributed by atoms with Crippen LogP contribution in [0.15, 0.2) is 12.1 Å². The summed E-state index contributed by atoms with van der Waals surface area (Å²) in [5.74, 6) is -0.867. The van der Waals surface area contributed by atoms with Crippen molar-refractivity contribution < 1.29 is 38.1 Å². The summed E-state index contributed by atoms with van der Waals surface area (Å²) in [5, 5.41) is 3.13. The number of anilines is 1. The number of nitrogens with one attached hydrogen (secondary N) is 1. The SMILES string of the molecule is CCOC(=O)c1c(NC(=O)COC(=O)c2cc(OC)c(OC)cc2OC)sc2c1CCCC2. The molecule has 3 rings (SSSR count). The number of carbonyl (C=O) groups excluding carboxylic acids is 3. The van der Waals surface area contributed by atoms with Crippen LogP contribution in [0.25, 0.3) is 0 Å². The van der Waals surface area contributed by atoms with Crippen molar-refractivity contribution in [2.75, 3.05) is 39.9 Å². The zero-order chi connectivity index (χ0) is 24.0. The summed E-state index contributed by atoms with van der Waals surface area (Å²) in [6, 6.07) is 2.92. The number of rotatable bonds is 9. The highest BCUT2D eigenvalue weighted by Crippen LogP contribution is 2.39. The fourth-order valence-corrected chi connectivity index (χ4v) is 4.93. The van der Waals surface area contributed by atoms with Crippen molar-refractivity contribution in [3.8, 4) is 17.2 Å². The van der Waals surface area contributed by atoms with Crippen molar-refractivity contribution in [3.63, 3.8) is 0 Å². The Morgan fingerprint density at radius 3 is 2.24 bits per heavy atom. The van der Waals surface area contributed by atoms with E-state index in [2.05, 4.69) is 5.32 Å². The van der Waals surface area contributed by atoms with Gasteiger partial charge in [0.15, 0.2) is 18.1 Å². The number of esters is 2. The summed E-state index contributed by atoms with van der Waals surface area (Å²) < 4.78 is 26.0. The van der Waals surface area contributed by atoms with E-state index in [1.807, 2.05) is 0 Å². The minimum absolute atomic E-state index is 0.0850. The van der Waals surface area contributed by atoms with Crippen LogP contribution < -0.4 is 19.5 Å². The van der Waals surface area contributed by atoms with Crippen molar-refractivity contribution in [1.29, 1.82) is 0 Å². The molecule has 0 saturated carbocycles. The maximum atomic E-state index is 12.6. The summed E-state index contributed by atoms with van der Waals surface area (Å²) in [6.45, 7) is 1.43. The Balaban J connectivity index is 1.73. The highest BCUT2D eigenvalue weighted by Gasteiger charge is 2.27. The van der Waals surface area contributed by atoms with Gasteiger partial charge in [0.2, 0.25) is 0 Å². The molecule has 1 aliphatic rings. The average molecular weight is 478 g/mol. The molecule has 1 aliphatic carbocycles. The number of fused-ring (bicyclic) bond motifs is 1. The Bertz CT molecular complexity index is 1050. The number of hydrogen-bond acceptors (Lipinski definition) is 9. The third-order valence-electron chi connectivity index (χ3n) is 5.16.